The van der Waals surface area contributed by atoms with Crippen LogP contribution in [0.5, 0.6) is 11.6 Å². The second kappa shape index (κ2) is 10.0. The SMILES string of the molecule is Cc1n[nH]c(Oc2ccc(Cl)cc2)c1C(C)N1CCc2cc(NC(=O)Cc3ccc(F)cc3)ccc21. The first-order valence-corrected chi connectivity index (χ1v) is 12.2. The van der Waals surface area contributed by atoms with Gasteiger partial charge in [-0.05, 0) is 86.0 Å². The number of aryl methyl sites for hydroxylation is 1. The lowest BCUT2D eigenvalue weighted by Crippen LogP contribution is -2.25. The number of hydrogen-bond donors (Lipinski definition) is 2. The van der Waals surface area contributed by atoms with Crippen LogP contribution in [0.15, 0.2) is 66.7 Å². The van der Waals surface area contributed by atoms with Crippen molar-refractivity contribution >= 4 is 28.9 Å². The van der Waals surface area contributed by atoms with Gasteiger partial charge in [0.15, 0.2) is 0 Å². The highest BCUT2D eigenvalue weighted by Crippen LogP contribution is 2.40. The Hall–Kier alpha value is -3.84. The van der Waals surface area contributed by atoms with E-state index < -0.39 is 0 Å². The van der Waals surface area contributed by atoms with E-state index in [1.165, 1.54) is 17.7 Å². The quantitative estimate of drug-likeness (QED) is 0.297. The number of carbonyl (C=O) groups excluding carboxylic acids is 1. The van der Waals surface area contributed by atoms with Crippen LogP contribution in [0.3, 0.4) is 0 Å². The van der Waals surface area contributed by atoms with Gasteiger partial charge in [0.05, 0.1) is 23.7 Å². The molecule has 1 unspecified atom stereocenters. The normalized spacial score (nSPS) is 13.4. The molecule has 6 nitrogen and oxygen atoms in total. The van der Waals surface area contributed by atoms with Gasteiger partial charge in [0, 0.05) is 22.9 Å². The van der Waals surface area contributed by atoms with Gasteiger partial charge in [0.2, 0.25) is 11.8 Å². The van der Waals surface area contributed by atoms with E-state index in [4.69, 9.17) is 16.3 Å². The minimum Gasteiger partial charge on any atom is -0.439 e. The molecule has 0 saturated heterocycles. The van der Waals surface area contributed by atoms with Gasteiger partial charge in [-0.15, -0.1) is 0 Å². The van der Waals surface area contributed by atoms with Gasteiger partial charge >= 0.3 is 0 Å². The minimum absolute atomic E-state index is 0.0196. The predicted octanol–water partition coefficient (Wildman–Crippen LogP) is 6.61. The summed E-state index contributed by atoms with van der Waals surface area (Å²) in [5.41, 5.74) is 5.68. The van der Waals surface area contributed by atoms with Crippen molar-refractivity contribution in [3.05, 3.63) is 100.0 Å². The number of aromatic nitrogens is 2. The summed E-state index contributed by atoms with van der Waals surface area (Å²) in [7, 11) is 0. The van der Waals surface area contributed by atoms with Crippen LogP contribution in [0.25, 0.3) is 0 Å². The highest BCUT2D eigenvalue weighted by molar-refractivity contribution is 6.30. The molecular formula is C28H26ClFN4O2. The van der Waals surface area contributed by atoms with Crippen LogP contribution >= 0.6 is 11.6 Å². The van der Waals surface area contributed by atoms with Crippen molar-refractivity contribution in [3.8, 4) is 11.6 Å². The Morgan fingerprint density at radius 2 is 1.92 bits per heavy atom. The number of benzene rings is 3. The number of aromatic amines is 1. The fourth-order valence-corrected chi connectivity index (χ4v) is 4.79. The smallest absolute Gasteiger partial charge is 0.228 e. The van der Waals surface area contributed by atoms with Gasteiger partial charge in [-0.25, -0.2) is 9.49 Å². The standard InChI is InChI=1S/C28H26ClFN4O2/c1-17-27(28(33-32-17)36-24-10-5-21(29)6-11-24)18(2)34-14-13-20-16-23(9-12-25(20)34)31-26(35)15-19-3-7-22(30)8-4-19/h3-12,16,18H,13-15H2,1-2H3,(H,31,35)(H,32,33). The number of fused-ring (bicyclic) bond motifs is 1. The van der Waals surface area contributed by atoms with Crippen LogP contribution in [0.1, 0.15) is 35.3 Å². The van der Waals surface area contributed by atoms with Crippen molar-refractivity contribution in [2.45, 2.75) is 32.7 Å². The number of halogens is 2. The first-order chi connectivity index (χ1) is 17.4. The molecule has 0 radical (unpaired) electrons. The van der Waals surface area contributed by atoms with E-state index in [0.29, 0.717) is 16.7 Å². The third kappa shape index (κ3) is 5.06. The third-order valence-electron chi connectivity index (χ3n) is 6.45. The maximum absolute atomic E-state index is 13.1. The Bertz CT molecular complexity index is 1390. The number of amides is 1. The van der Waals surface area contributed by atoms with Crippen molar-refractivity contribution in [1.82, 2.24) is 10.2 Å². The largest absolute Gasteiger partial charge is 0.439 e. The maximum atomic E-state index is 13.1. The van der Waals surface area contributed by atoms with Crippen molar-refractivity contribution in [3.63, 3.8) is 0 Å². The van der Waals surface area contributed by atoms with Crippen LogP contribution in [0.4, 0.5) is 15.8 Å². The first-order valence-electron chi connectivity index (χ1n) is 11.8. The third-order valence-corrected chi connectivity index (χ3v) is 6.70. The molecular weight excluding hydrogens is 479 g/mol. The lowest BCUT2D eigenvalue weighted by atomic mass is 10.1. The molecule has 0 fully saturated rings. The second-order valence-corrected chi connectivity index (χ2v) is 9.36. The van der Waals surface area contributed by atoms with E-state index >= 15 is 0 Å². The highest BCUT2D eigenvalue weighted by Gasteiger charge is 2.29. The van der Waals surface area contributed by atoms with E-state index in [0.717, 1.165) is 41.2 Å². The molecule has 2 heterocycles. The van der Waals surface area contributed by atoms with Gasteiger partial charge in [-0.2, -0.15) is 5.10 Å². The zero-order valence-corrected chi connectivity index (χ0v) is 20.8. The number of nitrogens with zero attached hydrogens (tertiary/aromatic N) is 2. The van der Waals surface area contributed by atoms with Crippen LogP contribution in [0, 0.1) is 12.7 Å². The average Bonchev–Trinajstić information content (AvgIpc) is 3.44. The number of ether oxygens (including phenoxy) is 1. The van der Waals surface area contributed by atoms with Crippen LogP contribution in [-0.2, 0) is 17.6 Å². The Balaban J connectivity index is 1.30. The summed E-state index contributed by atoms with van der Waals surface area (Å²) in [5.74, 6) is 0.841. The van der Waals surface area contributed by atoms with E-state index in [-0.39, 0.29) is 24.2 Å². The van der Waals surface area contributed by atoms with Crippen LogP contribution < -0.4 is 15.0 Å². The molecule has 1 aromatic heterocycles. The van der Waals surface area contributed by atoms with E-state index in [1.54, 1.807) is 24.3 Å². The number of carbonyl (C=O) groups is 1. The Kier molecular flexibility index (Phi) is 6.65. The Labute approximate surface area is 214 Å². The zero-order valence-electron chi connectivity index (χ0n) is 20.0. The van der Waals surface area contributed by atoms with E-state index in [1.807, 2.05) is 37.3 Å². The van der Waals surface area contributed by atoms with Crippen LogP contribution in [0.2, 0.25) is 5.02 Å². The highest BCUT2D eigenvalue weighted by atomic mass is 35.5. The number of H-pyrrole nitrogens is 1. The lowest BCUT2D eigenvalue weighted by molar-refractivity contribution is -0.115. The van der Waals surface area contributed by atoms with Gasteiger partial charge in [-0.3, -0.25) is 4.79 Å². The summed E-state index contributed by atoms with van der Waals surface area (Å²) in [6.07, 6.45) is 1.06. The summed E-state index contributed by atoms with van der Waals surface area (Å²) >= 11 is 6.00. The maximum Gasteiger partial charge on any atom is 0.228 e. The molecule has 3 aromatic carbocycles. The van der Waals surface area contributed by atoms with E-state index in [9.17, 15) is 9.18 Å². The van der Waals surface area contributed by atoms with Crippen molar-refractivity contribution in [1.29, 1.82) is 0 Å². The number of rotatable bonds is 7. The molecule has 5 rings (SSSR count). The molecule has 8 heteroatoms. The first kappa shape index (κ1) is 23.9. The fraction of sp³-hybridized carbons (Fsp3) is 0.214. The summed E-state index contributed by atoms with van der Waals surface area (Å²) < 4.78 is 19.2. The molecule has 36 heavy (non-hydrogen) atoms. The van der Waals surface area contributed by atoms with Crippen LogP contribution in [-0.4, -0.2) is 22.6 Å². The molecule has 184 valence electrons. The molecule has 0 saturated carbocycles. The molecule has 1 aliphatic rings. The molecule has 0 bridgehead atoms. The molecule has 1 aliphatic heterocycles. The number of nitrogens with one attached hydrogen (secondary N) is 2. The second-order valence-electron chi connectivity index (χ2n) is 8.92. The summed E-state index contributed by atoms with van der Waals surface area (Å²) in [6.45, 7) is 4.95. The predicted molar refractivity (Wildman–Crippen MR) is 139 cm³/mol. The van der Waals surface area contributed by atoms with Gasteiger partial charge in [0.25, 0.3) is 0 Å². The van der Waals surface area contributed by atoms with E-state index in [2.05, 4.69) is 27.3 Å². The monoisotopic (exact) mass is 504 g/mol. The zero-order chi connectivity index (χ0) is 25.2. The minimum atomic E-state index is -0.314. The van der Waals surface area contributed by atoms with Gasteiger partial charge in [-0.1, -0.05) is 23.7 Å². The number of hydrogen-bond acceptors (Lipinski definition) is 4. The molecule has 1 amide bonds. The summed E-state index contributed by atoms with van der Waals surface area (Å²) in [5, 5.41) is 11.0. The summed E-state index contributed by atoms with van der Waals surface area (Å²) in [4.78, 5) is 14.8. The van der Waals surface area contributed by atoms with Crippen molar-refractivity contribution in [2.75, 3.05) is 16.8 Å². The molecule has 1 atom stereocenters. The lowest BCUT2D eigenvalue weighted by Gasteiger charge is -2.28. The average molecular weight is 505 g/mol. The number of anilines is 2. The fourth-order valence-electron chi connectivity index (χ4n) is 4.67. The van der Waals surface area contributed by atoms with Gasteiger partial charge in [0.1, 0.15) is 11.6 Å². The van der Waals surface area contributed by atoms with Gasteiger partial charge < -0.3 is 15.0 Å². The Morgan fingerprint density at radius 3 is 2.67 bits per heavy atom. The molecule has 0 aliphatic carbocycles. The summed E-state index contributed by atoms with van der Waals surface area (Å²) in [6, 6.07) is 19.2. The molecule has 4 aromatic rings. The topological polar surface area (TPSA) is 70.2 Å². The van der Waals surface area contributed by atoms with Crippen molar-refractivity contribution < 1.29 is 13.9 Å². The molecule has 2 N–H and O–H groups in total. The van der Waals surface area contributed by atoms with Crippen molar-refractivity contribution in [2.24, 2.45) is 0 Å². The molecule has 0 spiro atoms. The Morgan fingerprint density at radius 1 is 1.17 bits per heavy atom.